The fourth-order valence-electron chi connectivity index (χ4n) is 2.64. The van der Waals surface area contributed by atoms with Gasteiger partial charge in [0.15, 0.2) is 18.9 Å². The molecule has 0 bridgehead atoms. The maximum atomic E-state index is 11.0. The summed E-state index contributed by atoms with van der Waals surface area (Å²) in [4.78, 5) is 11.0. The maximum absolute atomic E-state index is 11.0. The molecule has 0 radical (unpaired) electrons. The molecule has 3 rings (SSSR count). The van der Waals surface area contributed by atoms with E-state index in [9.17, 15) is 9.90 Å². The van der Waals surface area contributed by atoms with Gasteiger partial charge in [0.2, 0.25) is 0 Å². The zero-order valence-electron chi connectivity index (χ0n) is 10.9. The monoisotopic (exact) mass is 274 g/mol. The SMILES string of the molecule is CC(=O)CC1OC2OC(C3COC(C)O3)C(O)C2O1. The molecule has 19 heavy (non-hydrogen) atoms. The number of carbonyl (C=O) groups excluding carboxylic acids is 1. The van der Waals surface area contributed by atoms with Crippen LogP contribution in [0, 0.1) is 0 Å². The van der Waals surface area contributed by atoms with Crippen molar-refractivity contribution < 1.29 is 33.6 Å². The molecule has 0 saturated carbocycles. The molecular formula is C12H18O7. The van der Waals surface area contributed by atoms with Crippen LogP contribution in [-0.4, -0.2) is 60.8 Å². The standard InChI is InChI=1S/C12H18O7/c1-5(13)3-8-17-11-9(14)10(19-12(11)18-8)7-4-15-6(2)16-7/h6-12,14H,3-4H2,1-2H3. The molecule has 0 aromatic rings. The summed E-state index contributed by atoms with van der Waals surface area (Å²) in [5.74, 6) is -0.0302. The molecule has 0 aromatic carbocycles. The van der Waals surface area contributed by atoms with E-state index in [1.807, 2.05) is 0 Å². The number of hydrogen-bond donors (Lipinski definition) is 1. The smallest absolute Gasteiger partial charge is 0.190 e. The zero-order chi connectivity index (χ0) is 13.6. The summed E-state index contributed by atoms with van der Waals surface area (Å²) in [6, 6.07) is 0. The lowest BCUT2D eigenvalue weighted by Gasteiger charge is -2.22. The largest absolute Gasteiger partial charge is 0.387 e. The number of ketones is 1. The van der Waals surface area contributed by atoms with Crippen LogP contribution in [0.1, 0.15) is 20.3 Å². The Morgan fingerprint density at radius 1 is 1.21 bits per heavy atom. The van der Waals surface area contributed by atoms with Crippen molar-refractivity contribution >= 4 is 5.78 Å². The molecule has 0 aromatic heterocycles. The number of Topliss-reactive ketones (excluding diaryl/α,β-unsaturated/α-hetero) is 1. The van der Waals surface area contributed by atoms with E-state index in [1.54, 1.807) is 6.92 Å². The van der Waals surface area contributed by atoms with Crippen molar-refractivity contribution in [2.75, 3.05) is 6.61 Å². The maximum Gasteiger partial charge on any atom is 0.190 e. The van der Waals surface area contributed by atoms with Gasteiger partial charge in [-0.05, 0) is 13.8 Å². The summed E-state index contributed by atoms with van der Waals surface area (Å²) in [6.45, 7) is 3.63. The van der Waals surface area contributed by atoms with Crippen LogP contribution in [0.2, 0.25) is 0 Å². The van der Waals surface area contributed by atoms with Crippen LogP contribution >= 0.6 is 0 Å². The van der Waals surface area contributed by atoms with Crippen LogP contribution in [-0.2, 0) is 28.5 Å². The first-order valence-corrected chi connectivity index (χ1v) is 6.45. The van der Waals surface area contributed by atoms with Crippen molar-refractivity contribution in [3.63, 3.8) is 0 Å². The molecule has 0 aliphatic carbocycles. The number of fused-ring (bicyclic) bond motifs is 1. The topological polar surface area (TPSA) is 83.5 Å². The normalized spacial score (nSPS) is 49.5. The predicted octanol–water partition coefficient (Wildman–Crippen LogP) is -0.446. The minimum atomic E-state index is -0.846. The molecule has 3 aliphatic heterocycles. The minimum absolute atomic E-state index is 0.0302. The summed E-state index contributed by atoms with van der Waals surface area (Å²) >= 11 is 0. The van der Waals surface area contributed by atoms with Gasteiger partial charge in [-0.1, -0.05) is 0 Å². The molecule has 0 amide bonds. The number of aliphatic hydroxyl groups excluding tert-OH is 1. The minimum Gasteiger partial charge on any atom is -0.387 e. The fourth-order valence-corrected chi connectivity index (χ4v) is 2.64. The molecule has 7 unspecified atom stereocenters. The van der Waals surface area contributed by atoms with Gasteiger partial charge in [0, 0.05) is 0 Å². The van der Waals surface area contributed by atoms with Gasteiger partial charge >= 0.3 is 0 Å². The molecule has 7 heteroatoms. The molecular weight excluding hydrogens is 256 g/mol. The first-order valence-electron chi connectivity index (χ1n) is 6.45. The Morgan fingerprint density at radius 2 is 2.00 bits per heavy atom. The Labute approximate surface area is 110 Å². The lowest BCUT2D eigenvalue weighted by atomic mass is 10.1. The van der Waals surface area contributed by atoms with Gasteiger partial charge in [0.05, 0.1) is 13.0 Å². The highest BCUT2D eigenvalue weighted by Crippen LogP contribution is 2.36. The van der Waals surface area contributed by atoms with E-state index in [0.717, 1.165) is 0 Å². The van der Waals surface area contributed by atoms with Crippen molar-refractivity contribution in [2.24, 2.45) is 0 Å². The van der Waals surface area contributed by atoms with E-state index < -0.39 is 30.9 Å². The highest BCUT2D eigenvalue weighted by Gasteiger charge is 2.55. The molecule has 0 spiro atoms. The van der Waals surface area contributed by atoms with Crippen LogP contribution < -0.4 is 0 Å². The summed E-state index contributed by atoms with van der Waals surface area (Å²) in [5, 5.41) is 10.2. The molecule has 3 heterocycles. The van der Waals surface area contributed by atoms with Gasteiger partial charge < -0.3 is 28.8 Å². The van der Waals surface area contributed by atoms with E-state index in [4.69, 9.17) is 23.7 Å². The second-order valence-electron chi connectivity index (χ2n) is 5.11. The Bertz CT molecular complexity index is 360. The van der Waals surface area contributed by atoms with Crippen LogP contribution in [0.4, 0.5) is 0 Å². The Hall–Kier alpha value is -0.570. The van der Waals surface area contributed by atoms with Gasteiger partial charge in [0.1, 0.15) is 30.2 Å². The summed E-state index contributed by atoms with van der Waals surface area (Å²) in [7, 11) is 0. The molecule has 1 N–H and O–H groups in total. The van der Waals surface area contributed by atoms with Crippen molar-refractivity contribution in [2.45, 2.75) is 63.6 Å². The number of aliphatic hydroxyl groups is 1. The molecule has 3 fully saturated rings. The van der Waals surface area contributed by atoms with Gasteiger partial charge in [0.25, 0.3) is 0 Å². The third kappa shape index (κ3) is 2.54. The average molecular weight is 274 g/mol. The van der Waals surface area contributed by atoms with Crippen molar-refractivity contribution in [1.29, 1.82) is 0 Å². The number of ether oxygens (including phenoxy) is 5. The third-order valence-corrected chi connectivity index (χ3v) is 3.51. The predicted molar refractivity (Wildman–Crippen MR) is 60.0 cm³/mol. The third-order valence-electron chi connectivity index (χ3n) is 3.51. The quantitative estimate of drug-likeness (QED) is 0.746. The molecule has 3 saturated heterocycles. The van der Waals surface area contributed by atoms with Crippen molar-refractivity contribution in [1.82, 2.24) is 0 Å². The van der Waals surface area contributed by atoms with Gasteiger partial charge in [-0.25, -0.2) is 0 Å². The lowest BCUT2D eigenvalue weighted by Crippen LogP contribution is -2.41. The summed E-state index contributed by atoms with van der Waals surface area (Å²) in [6.07, 6.45) is -3.70. The van der Waals surface area contributed by atoms with Crippen LogP contribution in [0.5, 0.6) is 0 Å². The number of rotatable bonds is 3. The van der Waals surface area contributed by atoms with E-state index in [1.165, 1.54) is 6.92 Å². The van der Waals surface area contributed by atoms with Gasteiger partial charge in [-0.15, -0.1) is 0 Å². The number of carbonyl (C=O) groups is 1. The summed E-state index contributed by atoms with van der Waals surface area (Å²) in [5.41, 5.74) is 0. The first kappa shape index (κ1) is 13.4. The second kappa shape index (κ2) is 5.08. The molecule has 7 nitrogen and oxygen atoms in total. The van der Waals surface area contributed by atoms with E-state index in [0.29, 0.717) is 6.61 Å². The Balaban J connectivity index is 1.59. The first-order chi connectivity index (χ1) is 9.04. The van der Waals surface area contributed by atoms with Crippen LogP contribution in [0.3, 0.4) is 0 Å². The molecule has 108 valence electrons. The van der Waals surface area contributed by atoms with Gasteiger partial charge in [-0.3, -0.25) is 4.79 Å². The average Bonchev–Trinajstić information content (AvgIpc) is 2.96. The van der Waals surface area contributed by atoms with Crippen molar-refractivity contribution in [3.8, 4) is 0 Å². The molecule has 7 atom stereocenters. The zero-order valence-corrected chi connectivity index (χ0v) is 10.9. The fraction of sp³-hybridized carbons (Fsp3) is 0.917. The van der Waals surface area contributed by atoms with Gasteiger partial charge in [-0.2, -0.15) is 0 Å². The lowest BCUT2D eigenvalue weighted by molar-refractivity contribution is -0.191. The van der Waals surface area contributed by atoms with Crippen LogP contribution in [0.25, 0.3) is 0 Å². The molecule has 3 aliphatic rings. The van der Waals surface area contributed by atoms with E-state index in [-0.39, 0.29) is 24.6 Å². The van der Waals surface area contributed by atoms with Crippen LogP contribution in [0.15, 0.2) is 0 Å². The highest BCUT2D eigenvalue weighted by molar-refractivity contribution is 5.75. The van der Waals surface area contributed by atoms with E-state index in [2.05, 4.69) is 0 Å². The Morgan fingerprint density at radius 3 is 2.58 bits per heavy atom. The van der Waals surface area contributed by atoms with E-state index >= 15 is 0 Å². The second-order valence-corrected chi connectivity index (χ2v) is 5.11. The summed E-state index contributed by atoms with van der Waals surface area (Å²) < 4.78 is 27.4. The van der Waals surface area contributed by atoms with Crippen molar-refractivity contribution in [3.05, 3.63) is 0 Å². The Kier molecular flexibility index (Phi) is 3.59. The number of hydrogen-bond acceptors (Lipinski definition) is 7. The highest BCUT2D eigenvalue weighted by atomic mass is 16.8.